The van der Waals surface area contributed by atoms with Gasteiger partial charge in [0.15, 0.2) is 12.6 Å². The highest BCUT2D eigenvalue weighted by molar-refractivity contribution is 5.76. The first kappa shape index (κ1) is 83.0. The van der Waals surface area contributed by atoms with Crippen LogP contribution in [-0.2, 0) is 23.7 Å². The Bertz CT molecular complexity index is 1880. The number of carbonyl (C=O) groups excluding carboxylic acids is 1. The van der Waals surface area contributed by atoms with Crippen LogP contribution in [0.4, 0.5) is 0 Å². The van der Waals surface area contributed by atoms with Crippen molar-refractivity contribution < 1.29 is 64.6 Å². The van der Waals surface area contributed by atoms with Crippen molar-refractivity contribution in [3.05, 3.63) is 97.2 Å². The highest BCUT2D eigenvalue weighted by Gasteiger charge is 2.51. The van der Waals surface area contributed by atoms with Crippen LogP contribution < -0.4 is 5.32 Å². The molecule has 9 N–H and O–H groups in total. The van der Waals surface area contributed by atoms with E-state index in [2.05, 4.69) is 104 Å². The summed E-state index contributed by atoms with van der Waals surface area (Å²) >= 11 is 0. The third-order valence-electron chi connectivity index (χ3n) is 17.2. The van der Waals surface area contributed by atoms with Crippen molar-refractivity contribution in [2.24, 2.45) is 0 Å². The maximum absolute atomic E-state index is 13.3. The molecule has 14 heteroatoms. The quantitative estimate of drug-likeness (QED) is 0.0204. The normalized spacial score (nSPS) is 23.5. The summed E-state index contributed by atoms with van der Waals surface area (Å²) in [6.45, 7) is 2.69. The Balaban J connectivity index is 1.69. The molecular formula is C76H133NO13. The molecule has 2 heterocycles. The maximum Gasteiger partial charge on any atom is 0.220 e. The van der Waals surface area contributed by atoms with E-state index in [1.165, 1.54) is 167 Å². The second-order valence-electron chi connectivity index (χ2n) is 25.3. The van der Waals surface area contributed by atoms with E-state index in [4.69, 9.17) is 18.9 Å². The first-order valence-corrected chi connectivity index (χ1v) is 36.5. The van der Waals surface area contributed by atoms with Crippen molar-refractivity contribution in [2.75, 3.05) is 19.8 Å². The number of rotatable bonds is 59. The van der Waals surface area contributed by atoms with Crippen LogP contribution in [0, 0.1) is 0 Å². The number of unbranched alkanes of at least 4 members (excludes halogenated alkanes) is 32. The first-order chi connectivity index (χ1) is 44.1. The van der Waals surface area contributed by atoms with Crippen molar-refractivity contribution in [1.82, 2.24) is 5.32 Å². The molecule has 2 saturated heterocycles. The highest BCUT2D eigenvalue weighted by Crippen LogP contribution is 2.30. The van der Waals surface area contributed by atoms with Gasteiger partial charge in [-0.05, 0) is 89.9 Å². The number of aliphatic hydroxyl groups is 8. The summed E-state index contributed by atoms with van der Waals surface area (Å²) < 4.78 is 22.8. The van der Waals surface area contributed by atoms with Gasteiger partial charge >= 0.3 is 0 Å². The molecule has 1 amide bonds. The van der Waals surface area contributed by atoms with Crippen LogP contribution in [0.5, 0.6) is 0 Å². The third kappa shape index (κ3) is 43.0. The zero-order valence-corrected chi connectivity index (χ0v) is 56.6. The van der Waals surface area contributed by atoms with E-state index in [0.29, 0.717) is 12.8 Å². The summed E-state index contributed by atoms with van der Waals surface area (Å²) in [6.07, 6.45) is 67.5. The van der Waals surface area contributed by atoms with Crippen LogP contribution >= 0.6 is 0 Å². The largest absolute Gasteiger partial charge is 0.394 e. The summed E-state index contributed by atoms with van der Waals surface area (Å²) in [6, 6.07) is -0.946. The van der Waals surface area contributed by atoms with Crippen LogP contribution in [0.25, 0.3) is 0 Å². The highest BCUT2D eigenvalue weighted by atomic mass is 16.7. The van der Waals surface area contributed by atoms with Crippen molar-refractivity contribution in [3.63, 3.8) is 0 Å². The summed E-state index contributed by atoms with van der Waals surface area (Å²) in [5.41, 5.74) is 0. The van der Waals surface area contributed by atoms with Gasteiger partial charge in [0.1, 0.15) is 48.8 Å². The van der Waals surface area contributed by atoms with Crippen LogP contribution in [0.15, 0.2) is 97.2 Å². The SMILES string of the molecule is CC/C=C\C/C=C\C/C=C\C/C=C\C/C=C\CCCCCCCCCCCCCCCC(=O)NC(COC1OC(CO)C(OC2OC(CO)C(O)C(O)C2O)C(O)C1O)C(O)/C=C/CC/C=C/CC/C=C/CCCCCCCCCCCCCCCCCCC. The maximum atomic E-state index is 13.3. The molecule has 0 bridgehead atoms. The fraction of sp³-hybridized carbons (Fsp3) is 0.776. The molecule has 14 nitrogen and oxygen atoms in total. The van der Waals surface area contributed by atoms with Gasteiger partial charge in [-0.3, -0.25) is 4.79 Å². The Morgan fingerprint density at radius 1 is 0.411 bits per heavy atom. The van der Waals surface area contributed by atoms with Crippen molar-refractivity contribution in [1.29, 1.82) is 0 Å². The molecule has 0 saturated carbocycles. The Labute approximate surface area is 547 Å². The van der Waals surface area contributed by atoms with E-state index in [-0.39, 0.29) is 18.9 Å². The number of ether oxygens (including phenoxy) is 4. The summed E-state index contributed by atoms with van der Waals surface area (Å²) in [4.78, 5) is 13.3. The Morgan fingerprint density at radius 2 is 0.778 bits per heavy atom. The summed E-state index contributed by atoms with van der Waals surface area (Å²) in [7, 11) is 0. The van der Waals surface area contributed by atoms with Crippen molar-refractivity contribution in [3.8, 4) is 0 Å². The molecule has 0 aromatic rings. The van der Waals surface area contributed by atoms with Gasteiger partial charge in [-0.15, -0.1) is 0 Å². The average molecular weight is 1270 g/mol. The van der Waals surface area contributed by atoms with E-state index in [9.17, 15) is 45.6 Å². The average Bonchev–Trinajstić information content (AvgIpc) is 1.26. The second-order valence-corrected chi connectivity index (χ2v) is 25.3. The minimum absolute atomic E-state index is 0.256. The van der Waals surface area contributed by atoms with Gasteiger partial charge in [0.25, 0.3) is 0 Å². The Hall–Kier alpha value is -3.09. The van der Waals surface area contributed by atoms with E-state index in [1.54, 1.807) is 6.08 Å². The van der Waals surface area contributed by atoms with Gasteiger partial charge < -0.3 is 65.1 Å². The minimum atomic E-state index is -1.80. The number of nitrogens with one attached hydrogen (secondary N) is 1. The molecule has 2 aliphatic heterocycles. The van der Waals surface area contributed by atoms with Crippen LogP contribution in [0.1, 0.15) is 284 Å². The Kier molecular flexibility index (Phi) is 55.0. The minimum Gasteiger partial charge on any atom is -0.394 e. The standard InChI is InChI=1S/C76H133NO13/c1-3-5-7-9-11-13-15-17-19-21-23-25-27-29-31-32-34-36-38-40-42-44-46-48-50-52-54-56-58-60-68(81)77-64(63-87-75-73(86)71(84)74(67(62-79)89-75)90-76-72(85)70(83)69(82)66(61-78)88-76)65(80)59-57-55-53-51-49-47-45-43-41-39-37-35-33-30-28-26-24-22-20-18-16-14-12-10-8-6-4-2/h5,7,11,13,17,19,23,25,29,31,41,43,49,51,57,59,64-67,69-76,78-80,82-86H,3-4,6,8-10,12,14-16,18,20-22,24,26-28,30,32-40,42,44-48,50,52-56,58,60-63H2,1-2H3,(H,77,81)/b7-5-,13-11-,19-17-,25-23-,31-29-,43-41+,51-49+,59-57+. The van der Waals surface area contributed by atoms with Crippen LogP contribution in [-0.4, -0.2) is 140 Å². The van der Waals surface area contributed by atoms with Gasteiger partial charge in [0.05, 0.1) is 32.0 Å². The molecule has 2 fully saturated rings. The molecule has 12 atom stereocenters. The van der Waals surface area contributed by atoms with E-state index in [0.717, 1.165) is 83.5 Å². The monoisotopic (exact) mass is 1270 g/mol. The lowest BCUT2D eigenvalue weighted by Crippen LogP contribution is -2.65. The Morgan fingerprint density at radius 3 is 1.22 bits per heavy atom. The topological polar surface area (TPSA) is 228 Å². The molecule has 2 rings (SSSR count). The predicted molar refractivity (Wildman–Crippen MR) is 369 cm³/mol. The smallest absolute Gasteiger partial charge is 0.220 e. The number of allylic oxidation sites excluding steroid dienone is 15. The van der Waals surface area contributed by atoms with E-state index >= 15 is 0 Å². The lowest BCUT2D eigenvalue weighted by Gasteiger charge is -2.46. The molecule has 0 radical (unpaired) electrons. The van der Waals surface area contributed by atoms with Crippen LogP contribution in [0.3, 0.4) is 0 Å². The molecule has 0 aliphatic carbocycles. The number of amides is 1. The zero-order chi connectivity index (χ0) is 65.2. The van der Waals surface area contributed by atoms with Gasteiger partial charge in [-0.2, -0.15) is 0 Å². The molecule has 0 aromatic heterocycles. The molecule has 2 aliphatic rings. The molecule has 12 unspecified atom stereocenters. The molecule has 0 spiro atoms. The fourth-order valence-corrected chi connectivity index (χ4v) is 11.5. The van der Waals surface area contributed by atoms with E-state index in [1.807, 2.05) is 6.08 Å². The molecule has 520 valence electrons. The third-order valence-corrected chi connectivity index (χ3v) is 17.2. The molecular weight excluding hydrogens is 1130 g/mol. The lowest BCUT2D eigenvalue weighted by molar-refractivity contribution is -0.359. The predicted octanol–water partition coefficient (Wildman–Crippen LogP) is 15.3. The van der Waals surface area contributed by atoms with Crippen molar-refractivity contribution in [2.45, 2.75) is 357 Å². The number of hydrogen-bond acceptors (Lipinski definition) is 13. The second kappa shape index (κ2) is 59.6. The van der Waals surface area contributed by atoms with Gasteiger partial charge in [0.2, 0.25) is 5.91 Å². The molecule has 90 heavy (non-hydrogen) atoms. The van der Waals surface area contributed by atoms with E-state index < -0.39 is 86.8 Å². The van der Waals surface area contributed by atoms with Crippen molar-refractivity contribution >= 4 is 5.91 Å². The fourth-order valence-electron chi connectivity index (χ4n) is 11.5. The number of carbonyl (C=O) groups is 1. The van der Waals surface area contributed by atoms with Gasteiger partial charge in [-0.25, -0.2) is 0 Å². The summed E-state index contributed by atoms with van der Waals surface area (Å²) in [5, 5.41) is 87.5. The lowest BCUT2D eigenvalue weighted by atomic mass is 9.97. The number of aliphatic hydroxyl groups excluding tert-OH is 8. The van der Waals surface area contributed by atoms with Gasteiger partial charge in [-0.1, -0.05) is 284 Å². The molecule has 0 aromatic carbocycles. The summed E-state index contributed by atoms with van der Waals surface area (Å²) in [5.74, 6) is -0.256. The number of hydrogen-bond donors (Lipinski definition) is 9. The first-order valence-electron chi connectivity index (χ1n) is 36.5. The van der Waals surface area contributed by atoms with Crippen LogP contribution in [0.2, 0.25) is 0 Å². The van der Waals surface area contributed by atoms with Gasteiger partial charge in [0, 0.05) is 6.42 Å². The zero-order valence-electron chi connectivity index (χ0n) is 56.6.